The highest BCUT2D eigenvalue weighted by Crippen LogP contribution is 2.30. The molecule has 3 aromatic rings. The van der Waals surface area contributed by atoms with E-state index in [1.54, 1.807) is 23.1 Å². The maximum absolute atomic E-state index is 13.1. The summed E-state index contributed by atoms with van der Waals surface area (Å²) in [5.41, 5.74) is 2.35. The number of morpholine rings is 1. The Bertz CT molecular complexity index is 1230. The number of halogens is 1. The van der Waals surface area contributed by atoms with Crippen LogP contribution < -0.4 is 5.56 Å². The van der Waals surface area contributed by atoms with Gasteiger partial charge in [-0.1, -0.05) is 31.5 Å². The number of fused-ring (bicyclic) bond motifs is 1. The number of nitriles is 1. The van der Waals surface area contributed by atoms with Crippen LogP contribution in [0, 0.1) is 11.3 Å². The summed E-state index contributed by atoms with van der Waals surface area (Å²) in [4.78, 5) is 31.0. The van der Waals surface area contributed by atoms with Gasteiger partial charge in [-0.3, -0.25) is 9.59 Å². The second kappa shape index (κ2) is 7.94. The van der Waals surface area contributed by atoms with Crippen LogP contribution in [0.15, 0.2) is 29.2 Å². The number of carbonyl (C=O) groups is 1. The molecule has 4 rings (SSSR count). The van der Waals surface area contributed by atoms with Crippen molar-refractivity contribution in [3.63, 3.8) is 0 Å². The molecule has 2 aromatic heterocycles. The third kappa shape index (κ3) is 3.36. The van der Waals surface area contributed by atoms with Gasteiger partial charge in [0.25, 0.3) is 11.5 Å². The van der Waals surface area contributed by atoms with Crippen LogP contribution in [0.2, 0.25) is 5.02 Å². The van der Waals surface area contributed by atoms with Crippen LogP contribution in [0.5, 0.6) is 0 Å². The Balaban J connectivity index is 1.90. The predicted molar refractivity (Wildman–Crippen MR) is 112 cm³/mol. The number of nitrogens with one attached hydrogen (secondary N) is 1. The number of amides is 1. The lowest BCUT2D eigenvalue weighted by molar-refractivity contribution is 0.0303. The fraction of sp³-hybridized carbons (Fsp3) is 0.333. The molecule has 1 N–H and O–H groups in total. The Morgan fingerprint density at radius 2 is 2.07 bits per heavy atom. The van der Waals surface area contributed by atoms with Gasteiger partial charge < -0.3 is 14.6 Å². The molecule has 0 unspecified atom stereocenters. The Morgan fingerprint density at radius 3 is 2.73 bits per heavy atom. The van der Waals surface area contributed by atoms with Crippen molar-refractivity contribution < 1.29 is 9.53 Å². The predicted octanol–water partition coefficient (Wildman–Crippen LogP) is 2.81. The number of hydrogen-bond donors (Lipinski definition) is 1. The van der Waals surface area contributed by atoms with Crippen molar-refractivity contribution >= 4 is 23.2 Å². The first-order valence-electron chi connectivity index (χ1n) is 9.63. The summed E-state index contributed by atoms with van der Waals surface area (Å²) in [5.74, 6) is -0.293. The van der Waals surface area contributed by atoms with Crippen molar-refractivity contribution in [1.82, 2.24) is 19.5 Å². The molecule has 8 nitrogen and oxygen atoms in total. The van der Waals surface area contributed by atoms with Crippen molar-refractivity contribution in [2.45, 2.75) is 19.8 Å². The van der Waals surface area contributed by atoms with Crippen LogP contribution >= 0.6 is 11.6 Å². The summed E-state index contributed by atoms with van der Waals surface area (Å²) in [5, 5.41) is 13.7. The van der Waals surface area contributed by atoms with Gasteiger partial charge in [0, 0.05) is 18.7 Å². The average Bonchev–Trinajstić information content (AvgIpc) is 3.17. The first-order chi connectivity index (χ1) is 14.4. The molecule has 3 heterocycles. The Hall–Kier alpha value is -3.15. The van der Waals surface area contributed by atoms with Gasteiger partial charge >= 0.3 is 0 Å². The lowest BCUT2D eigenvalue weighted by Gasteiger charge is -2.27. The number of hydrogen-bond acceptors (Lipinski definition) is 5. The molecule has 1 aliphatic heterocycles. The largest absolute Gasteiger partial charge is 0.378 e. The molecule has 1 fully saturated rings. The summed E-state index contributed by atoms with van der Waals surface area (Å²) < 4.78 is 6.52. The lowest BCUT2D eigenvalue weighted by Crippen LogP contribution is -2.40. The number of benzene rings is 1. The minimum atomic E-state index is -0.300. The standard InChI is InChI=1S/C21H20ClN5O3/c1-12(2)17-18(25-19-14(10-23)11-24-27(19)21(17)29)13-3-4-16(22)15(9-13)20(28)26-5-7-30-8-6-26/h3-4,9,11-12,25H,5-8H2,1-2H3. The van der Waals surface area contributed by atoms with Crippen molar-refractivity contribution in [3.8, 4) is 17.3 Å². The second-order valence-electron chi connectivity index (χ2n) is 7.40. The Kier molecular flexibility index (Phi) is 5.33. The molecule has 0 spiro atoms. The molecule has 154 valence electrons. The van der Waals surface area contributed by atoms with Crippen LogP contribution in [-0.4, -0.2) is 51.7 Å². The van der Waals surface area contributed by atoms with Crippen LogP contribution in [0.4, 0.5) is 0 Å². The highest BCUT2D eigenvalue weighted by molar-refractivity contribution is 6.34. The number of aromatic amines is 1. The van der Waals surface area contributed by atoms with Gasteiger partial charge in [-0.25, -0.2) is 0 Å². The zero-order valence-corrected chi connectivity index (χ0v) is 17.4. The third-order valence-electron chi connectivity index (χ3n) is 5.19. The van der Waals surface area contributed by atoms with Gasteiger partial charge in [0.05, 0.1) is 35.7 Å². The zero-order valence-electron chi connectivity index (χ0n) is 16.6. The van der Waals surface area contributed by atoms with Gasteiger partial charge in [-0.15, -0.1) is 0 Å². The van der Waals surface area contributed by atoms with Gasteiger partial charge in [-0.05, 0) is 23.6 Å². The highest BCUT2D eigenvalue weighted by atomic mass is 35.5. The first kappa shape index (κ1) is 20.1. The number of rotatable bonds is 3. The second-order valence-corrected chi connectivity index (χ2v) is 7.81. The normalized spacial score (nSPS) is 14.3. The quantitative estimate of drug-likeness (QED) is 0.694. The minimum Gasteiger partial charge on any atom is -0.378 e. The van der Waals surface area contributed by atoms with Crippen LogP contribution in [0.3, 0.4) is 0 Å². The molecule has 0 saturated carbocycles. The fourth-order valence-corrected chi connectivity index (χ4v) is 3.85. The van der Waals surface area contributed by atoms with Crippen molar-refractivity contribution in [3.05, 3.63) is 56.5 Å². The average molecular weight is 426 g/mol. The van der Waals surface area contributed by atoms with Crippen molar-refractivity contribution in [1.29, 1.82) is 5.26 Å². The van der Waals surface area contributed by atoms with E-state index in [2.05, 4.69) is 10.1 Å². The minimum absolute atomic E-state index is 0.114. The van der Waals surface area contributed by atoms with E-state index in [-0.39, 0.29) is 22.9 Å². The molecule has 1 aromatic carbocycles. The molecule has 1 saturated heterocycles. The summed E-state index contributed by atoms with van der Waals surface area (Å²) >= 11 is 6.35. The van der Waals surface area contributed by atoms with E-state index < -0.39 is 0 Å². The maximum Gasteiger partial charge on any atom is 0.278 e. The van der Waals surface area contributed by atoms with Crippen molar-refractivity contribution in [2.75, 3.05) is 26.3 Å². The summed E-state index contributed by atoms with van der Waals surface area (Å²) in [6.45, 7) is 5.79. The molecular formula is C21H20ClN5O3. The fourth-order valence-electron chi connectivity index (χ4n) is 3.66. The number of H-pyrrole nitrogens is 1. The van der Waals surface area contributed by atoms with Crippen LogP contribution in [0.1, 0.15) is 41.3 Å². The topological polar surface area (TPSA) is 103 Å². The third-order valence-corrected chi connectivity index (χ3v) is 5.52. The van der Waals surface area contributed by atoms with Crippen LogP contribution in [-0.2, 0) is 4.74 Å². The summed E-state index contributed by atoms with van der Waals surface area (Å²) in [6.07, 6.45) is 1.36. The zero-order chi connectivity index (χ0) is 21.4. The molecular weight excluding hydrogens is 406 g/mol. The molecule has 0 atom stereocenters. The van der Waals surface area contributed by atoms with Crippen LogP contribution in [0.25, 0.3) is 16.9 Å². The lowest BCUT2D eigenvalue weighted by atomic mass is 9.97. The molecule has 1 amide bonds. The van der Waals surface area contributed by atoms with E-state index in [9.17, 15) is 14.9 Å². The van der Waals surface area contributed by atoms with Gasteiger partial charge in [0.2, 0.25) is 0 Å². The van der Waals surface area contributed by atoms with Gasteiger partial charge in [0.1, 0.15) is 11.6 Å². The monoisotopic (exact) mass is 425 g/mol. The van der Waals surface area contributed by atoms with E-state index in [4.69, 9.17) is 16.3 Å². The van der Waals surface area contributed by atoms with Crippen molar-refractivity contribution in [2.24, 2.45) is 0 Å². The number of nitrogens with zero attached hydrogens (tertiary/aromatic N) is 4. The molecule has 30 heavy (non-hydrogen) atoms. The van der Waals surface area contributed by atoms with Gasteiger partial charge in [-0.2, -0.15) is 14.9 Å². The Labute approximate surface area is 177 Å². The number of aromatic nitrogens is 3. The molecule has 1 aliphatic rings. The summed E-state index contributed by atoms with van der Waals surface area (Å²) in [6, 6.07) is 7.14. The molecule has 9 heteroatoms. The van der Waals surface area contributed by atoms with E-state index in [1.165, 1.54) is 10.7 Å². The number of carbonyl (C=O) groups excluding carboxylic acids is 1. The van der Waals surface area contributed by atoms with Gasteiger partial charge in [0.15, 0.2) is 5.65 Å². The molecule has 0 bridgehead atoms. The SMILES string of the molecule is CC(C)c1c(-c2ccc(Cl)c(C(=O)N3CCOCC3)c2)[nH]c2c(C#N)cnn2c1=O. The molecule has 0 radical (unpaired) electrons. The smallest absolute Gasteiger partial charge is 0.278 e. The van der Waals surface area contributed by atoms with E-state index >= 15 is 0 Å². The van der Waals surface area contributed by atoms with E-state index in [0.717, 1.165) is 0 Å². The Morgan fingerprint density at radius 1 is 1.33 bits per heavy atom. The summed E-state index contributed by atoms with van der Waals surface area (Å²) in [7, 11) is 0. The van der Waals surface area contributed by atoms with E-state index in [1.807, 2.05) is 19.9 Å². The number of ether oxygens (including phenoxy) is 1. The van der Waals surface area contributed by atoms with E-state index in [0.29, 0.717) is 59.4 Å². The maximum atomic E-state index is 13.1. The first-order valence-corrected chi connectivity index (χ1v) is 10.0. The highest BCUT2D eigenvalue weighted by Gasteiger charge is 2.24. The molecule has 0 aliphatic carbocycles.